The van der Waals surface area contributed by atoms with Crippen LogP contribution in [0.25, 0.3) is 0 Å². The highest BCUT2D eigenvalue weighted by Crippen LogP contribution is 2.35. The van der Waals surface area contributed by atoms with Crippen LogP contribution in [-0.4, -0.2) is 17.0 Å². The summed E-state index contributed by atoms with van der Waals surface area (Å²) in [5.41, 5.74) is 5.75. The minimum Gasteiger partial charge on any atom is -0.328 e. The van der Waals surface area contributed by atoms with Crippen molar-refractivity contribution in [2.24, 2.45) is 17.6 Å². The molecular weight excluding hydrogens is 190 g/mol. The summed E-state index contributed by atoms with van der Waals surface area (Å²) in [4.78, 5) is 0. The molecule has 1 aliphatic rings. The van der Waals surface area contributed by atoms with Gasteiger partial charge < -0.3 is 5.73 Å². The second kappa shape index (κ2) is 6.02. The number of hydrogen-bond donors (Lipinski definition) is 1. The molecule has 3 unspecified atom stereocenters. The zero-order chi connectivity index (χ0) is 10.6. The van der Waals surface area contributed by atoms with Gasteiger partial charge >= 0.3 is 0 Å². The lowest BCUT2D eigenvalue weighted by molar-refractivity contribution is 0.309. The van der Waals surface area contributed by atoms with Crippen molar-refractivity contribution in [1.29, 1.82) is 0 Å². The highest BCUT2D eigenvalue weighted by atomic mass is 32.2. The fraction of sp³-hybridized carbons (Fsp3) is 1.00. The normalized spacial score (nSPS) is 35.6. The number of nitrogens with two attached hydrogens (primary N) is 1. The van der Waals surface area contributed by atoms with E-state index in [4.69, 9.17) is 5.73 Å². The summed E-state index contributed by atoms with van der Waals surface area (Å²) in [6, 6.07) is 0.376. The lowest BCUT2D eigenvalue weighted by Gasteiger charge is -2.31. The molecule has 0 aromatic heterocycles. The minimum absolute atomic E-state index is 0.376. The maximum absolute atomic E-state index is 5.75. The van der Waals surface area contributed by atoms with Gasteiger partial charge in [0, 0.05) is 11.3 Å². The Labute approximate surface area is 93.2 Å². The first-order valence-electron chi connectivity index (χ1n) is 5.95. The van der Waals surface area contributed by atoms with Gasteiger partial charge in [0.05, 0.1) is 0 Å². The summed E-state index contributed by atoms with van der Waals surface area (Å²) in [6.45, 7) is 6.90. The van der Waals surface area contributed by atoms with Gasteiger partial charge in [0.25, 0.3) is 0 Å². The van der Waals surface area contributed by atoms with E-state index in [1.807, 2.05) is 0 Å². The van der Waals surface area contributed by atoms with Gasteiger partial charge in [-0.2, -0.15) is 11.8 Å². The molecule has 0 aromatic carbocycles. The maximum Gasteiger partial charge on any atom is 0.00521 e. The molecule has 2 N–H and O–H groups in total. The summed E-state index contributed by atoms with van der Waals surface area (Å²) in [5.74, 6) is 3.12. The monoisotopic (exact) mass is 215 g/mol. The Balaban J connectivity index is 2.17. The molecule has 1 aliphatic carbocycles. The molecule has 0 spiro atoms. The maximum atomic E-state index is 5.75. The average Bonchev–Trinajstić information content (AvgIpc) is 2.01. The molecule has 3 atom stereocenters. The van der Waals surface area contributed by atoms with Gasteiger partial charge in [-0.1, -0.05) is 13.8 Å². The van der Waals surface area contributed by atoms with Crippen LogP contribution in [0.15, 0.2) is 0 Å². The van der Waals surface area contributed by atoms with E-state index in [1.165, 1.54) is 31.4 Å². The zero-order valence-electron chi connectivity index (χ0n) is 9.83. The third-order valence-corrected chi connectivity index (χ3v) is 4.39. The van der Waals surface area contributed by atoms with E-state index in [0.717, 1.165) is 17.1 Å². The topological polar surface area (TPSA) is 26.0 Å². The standard InChI is InChI=1S/C12H25NS/c1-9-6-10(2)8-12(7-9)14-5-4-11(3)13/h9-12H,4-8,13H2,1-3H3. The van der Waals surface area contributed by atoms with E-state index in [-0.39, 0.29) is 0 Å². The van der Waals surface area contributed by atoms with Crippen LogP contribution >= 0.6 is 11.8 Å². The van der Waals surface area contributed by atoms with Crippen molar-refractivity contribution in [2.45, 2.75) is 57.7 Å². The van der Waals surface area contributed by atoms with Crippen LogP contribution in [0.4, 0.5) is 0 Å². The van der Waals surface area contributed by atoms with Crippen molar-refractivity contribution < 1.29 is 0 Å². The van der Waals surface area contributed by atoms with Crippen LogP contribution in [0.3, 0.4) is 0 Å². The van der Waals surface area contributed by atoms with Crippen LogP contribution in [-0.2, 0) is 0 Å². The Morgan fingerprint density at radius 3 is 2.29 bits per heavy atom. The Morgan fingerprint density at radius 1 is 1.21 bits per heavy atom. The highest BCUT2D eigenvalue weighted by Gasteiger charge is 2.23. The molecule has 0 amide bonds. The van der Waals surface area contributed by atoms with Gasteiger partial charge in [-0.15, -0.1) is 0 Å². The smallest absolute Gasteiger partial charge is 0.00521 e. The summed E-state index contributed by atoms with van der Waals surface area (Å²) < 4.78 is 0. The molecule has 0 heterocycles. The third kappa shape index (κ3) is 4.70. The second-order valence-corrected chi connectivity index (χ2v) is 6.58. The van der Waals surface area contributed by atoms with Gasteiger partial charge in [0.15, 0.2) is 0 Å². The molecule has 1 fully saturated rings. The molecule has 0 aromatic rings. The van der Waals surface area contributed by atoms with E-state index >= 15 is 0 Å². The Kier molecular flexibility index (Phi) is 5.32. The van der Waals surface area contributed by atoms with Crippen molar-refractivity contribution in [3.63, 3.8) is 0 Å². The number of rotatable bonds is 4. The van der Waals surface area contributed by atoms with Crippen LogP contribution in [0.2, 0.25) is 0 Å². The molecule has 1 rings (SSSR count). The largest absolute Gasteiger partial charge is 0.328 e. The first-order chi connectivity index (χ1) is 6.58. The Morgan fingerprint density at radius 2 is 1.79 bits per heavy atom. The van der Waals surface area contributed by atoms with E-state index in [9.17, 15) is 0 Å². The van der Waals surface area contributed by atoms with Crippen molar-refractivity contribution in [1.82, 2.24) is 0 Å². The minimum atomic E-state index is 0.376. The van der Waals surface area contributed by atoms with Crippen molar-refractivity contribution in [3.05, 3.63) is 0 Å². The Hall–Kier alpha value is 0.310. The lowest BCUT2D eigenvalue weighted by atomic mass is 9.83. The van der Waals surface area contributed by atoms with Gasteiger partial charge in [-0.3, -0.25) is 0 Å². The van der Waals surface area contributed by atoms with Gasteiger partial charge in [0.1, 0.15) is 0 Å². The zero-order valence-corrected chi connectivity index (χ0v) is 10.6. The molecule has 0 radical (unpaired) electrons. The van der Waals surface area contributed by atoms with Crippen molar-refractivity contribution in [2.75, 3.05) is 5.75 Å². The summed E-state index contributed by atoms with van der Waals surface area (Å²) in [6.07, 6.45) is 5.45. The predicted octanol–water partition coefficient (Wildman–Crippen LogP) is 3.28. The Bertz CT molecular complexity index is 148. The molecule has 1 saturated carbocycles. The van der Waals surface area contributed by atoms with Crippen LogP contribution in [0, 0.1) is 11.8 Å². The number of hydrogen-bond acceptors (Lipinski definition) is 2. The summed E-state index contributed by atoms with van der Waals surface area (Å²) in [5, 5.41) is 0.910. The first kappa shape index (κ1) is 12.4. The molecule has 1 nitrogen and oxygen atoms in total. The van der Waals surface area contributed by atoms with E-state index in [2.05, 4.69) is 32.5 Å². The van der Waals surface area contributed by atoms with E-state index in [1.54, 1.807) is 0 Å². The van der Waals surface area contributed by atoms with Crippen molar-refractivity contribution >= 4 is 11.8 Å². The SMILES string of the molecule is CC(N)CCSC1CC(C)CC(C)C1. The lowest BCUT2D eigenvalue weighted by Crippen LogP contribution is -2.22. The molecular formula is C12H25NS. The molecule has 2 heteroatoms. The van der Waals surface area contributed by atoms with Crippen LogP contribution < -0.4 is 5.73 Å². The van der Waals surface area contributed by atoms with Crippen molar-refractivity contribution in [3.8, 4) is 0 Å². The van der Waals surface area contributed by atoms with Gasteiger partial charge in [-0.05, 0) is 50.2 Å². The number of thioether (sulfide) groups is 1. The quantitative estimate of drug-likeness (QED) is 0.779. The van der Waals surface area contributed by atoms with Gasteiger partial charge in [0.2, 0.25) is 0 Å². The summed E-state index contributed by atoms with van der Waals surface area (Å²) >= 11 is 2.15. The average molecular weight is 215 g/mol. The third-order valence-electron chi connectivity index (χ3n) is 3.06. The fourth-order valence-electron chi connectivity index (χ4n) is 2.43. The second-order valence-electron chi connectivity index (χ2n) is 5.18. The first-order valence-corrected chi connectivity index (χ1v) is 7.00. The molecule has 0 aliphatic heterocycles. The predicted molar refractivity (Wildman–Crippen MR) is 66.7 cm³/mol. The fourth-order valence-corrected chi connectivity index (χ4v) is 4.20. The van der Waals surface area contributed by atoms with E-state index in [0.29, 0.717) is 6.04 Å². The molecule has 84 valence electrons. The van der Waals surface area contributed by atoms with E-state index < -0.39 is 0 Å². The van der Waals surface area contributed by atoms with Gasteiger partial charge in [-0.25, -0.2) is 0 Å². The van der Waals surface area contributed by atoms with Crippen LogP contribution in [0.1, 0.15) is 46.5 Å². The molecule has 0 bridgehead atoms. The summed E-state index contributed by atoms with van der Waals surface area (Å²) in [7, 11) is 0. The molecule has 14 heavy (non-hydrogen) atoms. The molecule has 0 saturated heterocycles. The highest BCUT2D eigenvalue weighted by molar-refractivity contribution is 7.99. The van der Waals surface area contributed by atoms with Crippen LogP contribution in [0.5, 0.6) is 0 Å².